The number of carbonyl (C=O) groups excluding carboxylic acids is 3. The van der Waals surface area contributed by atoms with Crippen molar-refractivity contribution in [2.45, 2.75) is 316 Å². The molecule has 1 atom stereocenters. The van der Waals surface area contributed by atoms with E-state index in [1.807, 2.05) is 0 Å². The second-order valence-corrected chi connectivity index (χ2v) is 21.3. The van der Waals surface area contributed by atoms with Crippen LogP contribution in [0, 0.1) is 0 Å². The maximum Gasteiger partial charge on any atom is 0.306 e. The summed E-state index contributed by atoms with van der Waals surface area (Å²) in [5.74, 6) is -0.902. The molecular weight excluding hydrogens is 937 g/mol. The van der Waals surface area contributed by atoms with Crippen molar-refractivity contribution in [3.63, 3.8) is 0 Å². The van der Waals surface area contributed by atoms with Gasteiger partial charge in [0.25, 0.3) is 0 Å². The Balaban J connectivity index is 4.42. The van der Waals surface area contributed by atoms with Gasteiger partial charge < -0.3 is 14.2 Å². The fraction of sp³-hybridized carbons (Fsp3) is 0.729. The molecule has 6 nitrogen and oxygen atoms in total. The first-order chi connectivity index (χ1) is 37.5. The van der Waals surface area contributed by atoms with Crippen LogP contribution in [0.5, 0.6) is 0 Å². The average Bonchev–Trinajstić information content (AvgIpc) is 3.42. The first-order valence-corrected chi connectivity index (χ1v) is 32.2. The van der Waals surface area contributed by atoms with E-state index in [2.05, 4.69) is 118 Å². The second-order valence-electron chi connectivity index (χ2n) is 21.3. The zero-order chi connectivity index (χ0) is 55.0. The lowest BCUT2D eigenvalue weighted by Gasteiger charge is -2.18. The highest BCUT2D eigenvalue weighted by molar-refractivity contribution is 5.71. The van der Waals surface area contributed by atoms with Crippen molar-refractivity contribution >= 4 is 17.9 Å². The van der Waals surface area contributed by atoms with Crippen LogP contribution in [-0.4, -0.2) is 37.2 Å². The van der Waals surface area contributed by atoms with Crippen LogP contribution < -0.4 is 0 Å². The number of allylic oxidation sites excluding steroid dienone is 16. The minimum atomic E-state index is -0.793. The molecule has 0 aliphatic heterocycles. The highest BCUT2D eigenvalue weighted by atomic mass is 16.6. The summed E-state index contributed by atoms with van der Waals surface area (Å²) in [6.45, 7) is 6.43. The lowest BCUT2D eigenvalue weighted by atomic mass is 10.0. The van der Waals surface area contributed by atoms with Crippen molar-refractivity contribution in [3.05, 3.63) is 97.2 Å². The van der Waals surface area contributed by atoms with Gasteiger partial charge in [-0.15, -0.1) is 0 Å². The van der Waals surface area contributed by atoms with E-state index in [1.54, 1.807) is 0 Å². The lowest BCUT2D eigenvalue weighted by molar-refractivity contribution is -0.167. The van der Waals surface area contributed by atoms with Gasteiger partial charge in [0.15, 0.2) is 6.10 Å². The van der Waals surface area contributed by atoms with Gasteiger partial charge in [0.05, 0.1) is 0 Å². The first kappa shape index (κ1) is 72.3. The van der Waals surface area contributed by atoms with Gasteiger partial charge in [0.2, 0.25) is 0 Å². The summed E-state index contributed by atoms with van der Waals surface area (Å²) in [6.07, 6.45) is 85.5. The van der Waals surface area contributed by atoms with E-state index in [1.165, 1.54) is 135 Å². The summed E-state index contributed by atoms with van der Waals surface area (Å²) in [6, 6.07) is 0. The van der Waals surface area contributed by atoms with Crippen molar-refractivity contribution in [2.75, 3.05) is 13.2 Å². The Morgan fingerprint density at radius 1 is 0.276 bits per heavy atom. The number of rotatable bonds is 58. The fourth-order valence-corrected chi connectivity index (χ4v) is 9.07. The molecule has 0 aromatic rings. The van der Waals surface area contributed by atoms with Gasteiger partial charge in [-0.3, -0.25) is 14.4 Å². The van der Waals surface area contributed by atoms with Crippen LogP contribution in [0.15, 0.2) is 97.2 Å². The molecule has 1 unspecified atom stereocenters. The van der Waals surface area contributed by atoms with Gasteiger partial charge in [0, 0.05) is 19.3 Å². The van der Waals surface area contributed by atoms with Gasteiger partial charge in [-0.05, 0) is 96.3 Å². The molecule has 0 radical (unpaired) electrons. The van der Waals surface area contributed by atoms with Gasteiger partial charge in [-0.1, -0.05) is 291 Å². The maximum absolute atomic E-state index is 12.9. The number of esters is 3. The molecule has 0 bridgehead atoms. The predicted octanol–water partition coefficient (Wildman–Crippen LogP) is 22.0. The second kappa shape index (κ2) is 63.9. The largest absolute Gasteiger partial charge is 0.462 e. The zero-order valence-electron chi connectivity index (χ0n) is 50.0. The molecule has 6 heteroatoms. The van der Waals surface area contributed by atoms with E-state index in [0.29, 0.717) is 19.3 Å². The maximum atomic E-state index is 12.9. The average molecular weight is 1060 g/mol. The fourth-order valence-electron chi connectivity index (χ4n) is 9.07. The summed E-state index contributed by atoms with van der Waals surface area (Å²) in [4.78, 5) is 38.4. The minimum absolute atomic E-state index is 0.0861. The van der Waals surface area contributed by atoms with Crippen LogP contribution in [-0.2, 0) is 28.6 Å². The summed E-state index contributed by atoms with van der Waals surface area (Å²) >= 11 is 0. The van der Waals surface area contributed by atoms with Crippen LogP contribution in [0.25, 0.3) is 0 Å². The third-order valence-corrected chi connectivity index (χ3v) is 13.8. The first-order valence-electron chi connectivity index (χ1n) is 32.2. The molecule has 0 aromatic heterocycles. The van der Waals surface area contributed by atoms with E-state index >= 15 is 0 Å². The Kier molecular flexibility index (Phi) is 60.8. The predicted molar refractivity (Wildman–Crippen MR) is 330 cm³/mol. The van der Waals surface area contributed by atoms with Crippen molar-refractivity contribution in [1.29, 1.82) is 0 Å². The molecule has 0 aromatic carbocycles. The summed E-state index contributed by atoms with van der Waals surface area (Å²) in [5.41, 5.74) is 0. The van der Waals surface area contributed by atoms with Crippen LogP contribution in [0.4, 0.5) is 0 Å². The van der Waals surface area contributed by atoms with Crippen molar-refractivity contribution in [1.82, 2.24) is 0 Å². The molecule has 0 saturated heterocycles. The molecule has 0 aliphatic rings. The molecule has 436 valence electrons. The Morgan fingerprint density at radius 2 is 0.513 bits per heavy atom. The lowest BCUT2D eigenvalue weighted by Crippen LogP contribution is -2.30. The van der Waals surface area contributed by atoms with Crippen molar-refractivity contribution in [2.24, 2.45) is 0 Å². The topological polar surface area (TPSA) is 78.9 Å². The molecule has 0 heterocycles. The number of ether oxygens (including phenoxy) is 3. The Morgan fingerprint density at radius 3 is 0.803 bits per heavy atom. The Hall–Kier alpha value is -3.67. The van der Waals surface area contributed by atoms with Gasteiger partial charge in [-0.25, -0.2) is 0 Å². The minimum Gasteiger partial charge on any atom is -0.462 e. The SMILES string of the molecule is CC/C=C\C/C=C\C/C=C\C/C=C\CCCCCCCCC(=O)OCC(COC(=O)CCCCCCCCCCCCCCCCCCCCCC)OC(=O)CCCCCCCC/C=C\C/C=C\C/C=C\C/C=C\CC. The number of carbonyl (C=O) groups is 3. The molecule has 0 spiro atoms. The van der Waals surface area contributed by atoms with Crippen molar-refractivity contribution < 1.29 is 28.6 Å². The van der Waals surface area contributed by atoms with Gasteiger partial charge in [0.1, 0.15) is 13.2 Å². The molecule has 0 fully saturated rings. The normalized spacial score (nSPS) is 12.7. The quantitative estimate of drug-likeness (QED) is 0.0261. The van der Waals surface area contributed by atoms with E-state index < -0.39 is 6.10 Å². The molecule has 0 amide bonds. The third kappa shape index (κ3) is 61.2. The van der Waals surface area contributed by atoms with E-state index in [-0.39, 0.29) is 31.1 Å². The Bertz CT molecular complexity index is 1490. The van der Waals surface area contributed by atoms with Crippen LogP contribution >= 0.6 is 0 Å². The zero-order valence-corrected chi connectivity index (χ0v) is 50.0. The van der Waals surface area contributed by atoms with Crippen LogP contribution in [0.3, 0.4) is 0 Å². The van der Waals surface area contributed by atoms with Crippen LogP contribution in [0.1, 0.15) is 310 Å². The number of hydrogen-bond donors (Lipinski definition) is 0. The van der Waals surface area contributed by atoms with Gasteiger partial charge >= 0.3 is 17.9 Å². The Labute approximate surface area is 470 Å². The molecule has 0 aliphatic carbocycles. The molecular formula is C70H120O6. The summed E-state index contributed by atoms with van der Waals surface area (Å²) in [7, 11) is 0. The summed E-state index contributed by atoms with van der Waals surface area (Å²) in [5, 5.41) is 0. The van der Waals surface area contributed by atoms with E-state index in [0.717, 1.165) is 135 Å². The van der Waals surface area contributed by atoms with E-state index in [4.69, 9.17) is 14.2 Å². The molecule has 0 rings (SSSR count). The highest BCUT2D eigenvalue weighted by Gasteiger charge is 2.19. The monoisotopic (exact) mass is 1060 g/mol. The van der Waals surface area contributed by atoms with Gasteiger partial charge in [-0.2, -0.15) is 0 Å². The highest BCUT2D eigenvalue weighted by Crippen LogP contribution is 2.17. The molecule has 76 heavy (non-hydrogen) atoms. The smallest absolute Gasteiger partial charge is 0.306 e. The third-order valence-electron chi connectivity index (χ3n) is 13.8. The van der Waals surface area contributed by atoms with E-state index in [9.17, 15) is 14.4 Å². The number of unbranched alkanes of at least 4 members (excludes halogenated alkanes) is 31. The number of hydrogen-bond acceptors (Lipinski definition) is 6. The van der Waals surface area contributed by atoms with Crippen LogP contribution in [0.2, 0.25) is 0 Å². The standard InChI is InChI=1S/C70H120O6/c1-4-7-10-13-16-19-22-25-28-31-34-37-39-42-45-48-51-54-57-60-63-69(72)75-66-67(76-70(73)64-61-58-55-52-49-46-43-40-36-33-30-27-24-21-18-15-12-9-6-3)65-74-68(71)62-59-56-53-50-47-44-41-38-35-32-29-26-23-20-17-14-11-8-5-2/h8-9,11-12,17-18,20-21,26-27,29-30,35-36,38,40,67H,4-7,10,13-16,19,22-25,28,31-34,37,39,41-66H2,1-3H3/b11-8-,12-9-,20-17-,21-18-,29-26-,30-27-,38-35-,40-36-. The molecule has 0 N–H and O–H groups in total. The summed E-state index contributed by atoms with van der Waals surface area (Å²) < 4.78 is 16.9. The molecule has 0 saturated carbocycles. The van der Waals surface area contributed by atoms with Crippen molar-refractivity contribution in [3.8, 4) is 0 Å².